The fourth-order valence-electron chi connectivity index (χ4n) is 2.23. The van der Waals surface area contributed by atoms with E-state index in [1.54, 1.807) is 6.20 Å². The molecule has 0 atom stereocenters. The van der Waals surface area contributed by atoms with Gasteiger partial charge in [-0.15, -0.1) is 5.06 Å². The number of aromatic nitrogens is 1. The zero-order valence-electron chi connectivity index (χ0n) is 16.1. The Hall–Kier alpha value is -2.60. The third kappa shape index (κ3) is 8.82. The van der Waals surface area contributed by atoms with Crippen LogP contribution in [0.25, 0.3) is 0 Å². The van der Waals surface area contributed by atoms with Crippen molar-refractivity contribution in [2.24, 2.45) is 0 Å². The molecule has 1 fully saturated rings. The molecule has 1 aromatic rings. The Labute approximate surface area is 181 Å². The van der Waals surface area contributed by atoms with Gasteiger partial charge in [-0.1, -0.05) is 16.9 Å². The summed E-state index contributed by atoms with van der Waals surface area (Å²) in [6.07, 6.45) is 1.97. The Balaban J connectivity index is 1.47. The van der Waals surface area contributed by atoms with Crippen LogP contribution in [0.4, 0.5) is 0 Å². The number of amides is 4. The monoisotopic (exact) mass is 454 g/mol. The topological polar surface area (TPSA) is 135 Å². The summed E-state index contributed by atoms with van der Waals surface area (Å²) in [6, 6.07) is 5.62. The summed E-state index contributed by atoms with van der Waals surface area (Å²) in [6.45, 7) is 0.188. The van der Waals surface area contributed by atoms with Crippen LogP contribution in [0.2, 0.25) is 0 Å². The molecule has 0 saturated carbocycles. The number of pyridine rings is 1. The predicted octanol–water partition coefficient (Wildman–Crippen LogP) is 0.832. The Morgan fingerprint density at radius 3 is 2.33 bits per heavy atom. The zero-order chi connectivity index (χ0) is 21.8. The summed E-state index contributed by atoms with van der Waals surface area (Å²) in [5, 5.41) is 6.51. The van der Waals surface area contributed by atoms with Crippen molar-refractivity contribution in [2.75, 3.05) is 18.8 Å². The first kappa shape index (κ1) is 23.7. The Bertz CT molecular complexity index is 761. The van der Waals surface area contributed by atoms with Crippen LogP contribution in [0.3, 0.4) is 0 Å². The molecule has 2 heterocycles. The van der Waals surface area contributed by atoms with E-state index in [1.807, 2.05) is 18.2 Å². The molecule has 1 saturated heterocycles. The molecular weight excluding hydrogens is 432 g/mol. The van der Waals surface area contributed by atoms with Gasteiger partial charge in [-0.3, -0.25) is 19.2 Å². The molecule has 0 aliphatic carbocycles. The van der Waals surface area contributed by atoms with Crippen LogP contribution in [-0.2, 0) is 28.8 Å². The molecule has 1 aromatic heterocycles. The lowest BCUT2D eigenvalue weighted by Gasteiger charge is -2.12. The van der Waals surface area contributed by atoms with E-state index in [0.29, 0.717) is 17.2 Å². The second-order valence-electron chi connectivity index (χ2n) is 6.07. The molecule has 1 aliphatic heterocycles. The molecule has 30 heavy (non-hydrogen) atoms. The van der Waals surface area contributed by atoms with Gasteiger partial charge in [0.1, 0.15) is 5.03 Å². The van der Waals surface area contributed by atoms with Crippen LogP contribution in [0.5, 0.6) is 0 Å². The maximum absolute atomic E-state index is 11.8. The molecule has 0 radical (unpaired) electrons. The predicted molar refractivity (Wildman–Crippen MR) is 110 cm³/mol. The number of hydrogen-bond donors (Lipinski definition) is 2. The molecule has 0 aromatic carbocycles. The van der Waals surface area contributed by atoms with Crippen molar-refractivity contribution in [1.82, 2.24) is 20.7 Å². The van der Waals surface area contributed by atoms with E-state index in [9.17, 15) is 24.0 Å². The highest BCUT2D eigenvalue weighted by Crippen LogP contribution is 2.29. The van der Waals surface area contributed by atoms with E-state index < -0.39 is 17.8 Å². The van der Waals surface area contributed by atoms with Gasteiger partial charge in [-0.25, -0.2) is 9.78 Å². The van der Waals surface area contributed by atoms with Gasteiger partial charge in [0.05, 0.1) is 6.42 Å². The number of carbonyl (C=O) groups is 5. The van der Waals surface area contributed by atoms with E-state index in [-0.39, 0.29) is 50.6 Å². The average Bonchev–Trinajstić information content (AvgIpc) is 3.04. The number of hydrogen-bond acceptors (Lipinski definition) is 9. The fourth-order valence-corrected chi connectivity index (χ4v) is 4.10. The molecule has 162 valence electrons. The quantitative estimate of drug-likeness (QED) is 0.267. The highest BCUT2D eigenvalue weighted by molar-refractivity contribution is 8.76. The maximum Gasteiger partial charge on any atom is 0.334 e. The van der Waals surface area contributed by atoms with Crippen LogP contribution in [0.1, 0.15) is 32.1 Å². The lowest BCUT2D eigenvalue weighted by atomic mass is 10.3. The van der Waals surface area contributed by atoms with E-state index >= 15 is 0 Å². The molecule has 1 aliphatic rings. The van der Waals surface area contributed by atoms with Crippen molar-refractivity contribution in [2.45, 2.75) is 37.1 Å². The Morgan fingerprint density at radius 2 is 1.67 bits per heavy atom. The minimum Gasteiger partial charge on any atom is -0.356 e. The minimum atomic E-state index is -0.784. The zero-order valence-corrected chi connectivity index (χ0v) is 17.8. The molecule has 0 bridgehead atoms. The van der Waals surface area contributed by atoms with Crippen molar-refractivity contribution in [1.29, 1.82) is 0 Å². The highest BCUT2D eigenvalue weighted by atomic mass is 33.1. The van der Waals surface area contributed by atoms with E-state index in [4.69, 9.17) is 0 Å². The van der Waals surface area contributed by atoms with Gasteiger partial charge in [0.25, 0.3) is 11.8 Å². The lowest BCUT2D eigenvalue weighted by Crippen LogP contribution is -2.34. The summed E-state index contributed by atoms with van der Waals surface area (Å²) >= 11 is 0. The summed E-state index contributed by atoms with van der Waals surface area (Å²) in [5.41, 5.74) is 0. The Morgan fingerprint density at radius 1 is 1.00 bits per heavy atom. The number of nitrogens with one attached hydrogen (secondary N) is 2. The van der Waals surface area contributed by atoms with Gasteiger partial charge < -0.3 is 15.5 Å². The summed E-state index contributed by atoms with van der Waals surface area (Å²) in [4.78, 5) is 66.6. The number of hydroxylamine groups is 2. The minimum absolute atomic E-state index is 0.00319. The summed E-state index contributed by atoms with van der Waals surface area (Å²) in [5.74, 6) is -1.77. The van der Waals surface area contributed by atoms with Crippen molar-refractivity contribution < 1.29 is 28.8 Å². The SMILES string of the molecule is O=C(CCNC(=O)CCSSc1ccccn1)NCCC(=O)ON1C(=O)CCC1=O. The largest absolute Gasteiger partial charge is 0.356 e. The van der Waals surface area contributed by atoms with E-state index in [2.05, 4.69) is 20.5 Å². The van der Waals surface area contributed by atoms with Gasteiger partial charge >= 0.3 is 5.97 Å². The van der Waals surface area contributed by atoms with Gasteiger partial charge in [0, 0.05) is 50.7 Å². The van der Waals surface area contributed by atoms with Crippen molar-refractivity contribution in [3.8, 4) is 0 Å². The van der Waals surface area contributed by atoms with Gasteiger partial charge in [-0.05, 0) is 22.9 Å². The molecule has 10 nitrogen and oxygen atoms in total. The molecule has 2 rings (SSSR count). The van der Waals surface area contributed by atoms with Crippen molar-refractivity contribution in [3.63, 3.8) is 0 Å². The molecular formula is C18H22N4O6S2. The number of rotatable bonds is 12. The first-order chi connectivity index (χ1) is 14.5. The van der Waals surface area contributed by atoms with Crippen molar-refractivity contribution >= 4 is 51.2 Å². The average molecular weight is 455 g/mol. The van der Waals surface area contributed by atoms with Crippen LogP contribution >= 0.6 is 21.6 Å². The fraction of sp³-hybridized carbons (Fsp3) is 0.444. The van der Waals surface area contributed by atoms with Gasteiger partial charge in [-0.2, -0.15) is 0 Å². The van der Waals surface area contributed by atoms with E-state index in [0.717, 1.165) is 5.03 Å². The molecule has 4 amide bonds. The van der Waals surface area contributed by atoms with Crippen LogP contribution in [0, 0.1) is 0 Å². The van der Waals surface area contributed by atoms with E-state index in [1.165, 1.54) is 21.6 Å². The standard InChI is InChI=1S/C18H22N4O6S2/c23-13(20-11-7-18(27)28-22-16(25)4-5-17(22)26)6-10-19-14(24)8-12-29-30-15-3-1-2-9-21-15/h1-3,9H,4-8,10-12H2,(H,19,24)(H,20,23). The van der Waals surface area contributed by atoms with Gasteiger partial charge in [0.15, 0.2) is 0 Å². The first-order valence-corrected chi connectivity index (χ1v) is 11.6. The van der Waals surface area contributed by atoms with Crippen molar-refractivity contribution in [3.05, 3.63) is 24.4 Å². The first-order valence-electron chi connectivity index (χ1n) is 9.26. The number of nitrogens with zero attached hydrogens (tertiary/aromatic N) is 2. The number of imide groups is 1. The smallest absolute Gasteiger partial charge is 0.334 e. The Kier molecular flexibility index (Phi) is 10.1. The summed E-state index contributed by atoms with van der Waals surface area (Å²) in [7, 11) is 3.02. The normalized spacial score (nSPS) is 13.3. The third-order valence-corrected chi connectivity index (χ3v) is 5.99. The lowest BCUT2D eigenvalue weighted by molar-refractivity contribution is -0.197. The molecule has 12 heteroatoms. The maximum atomic E-state index is 11.8. The highest BCUT2D eigenvalue weighted by Gasteiger charge is 2.32. The van der Waals surface area contributed by atoms with Crippen LogP contribution in [-0.4, -0.2) is 58.5 Å². The third-order valence-electron chi connectivity index (χ3n) is 3.72. The second kappa shape index (κ2) is 12.9. The molecule has 0 spiro atoms. The number of carbonyl (C=O) groups excluding carboxylic acids is 5. The molecule has 0 unspecified atom stereocenters. The summed E-state index contributed by atoms with van der Waals surface area (Å²) < 4.78 is 0. The molecule has 2 N–H and O–H groups in total. The second-order valence-corrected chi connectivity index (χ2v) is 8.50. The van der Waals surface area contributed by atoms with Gasteiger partial charge in [0.2, 0.25) is 11.8 Å². The van der Waals surface area contributed by atoms with Crippen LogP contribution in [0.15, 0.2) is 29.4 Å². The van der Waals surface area contributed by atoms with Crippen LogP contribution < -0.4 is 10.6 Å².